The van der Waals surface area contributed by atoms with Crippen LogP contribution >= 0.6 is 8.81 Å². The highest BCUT2D eigenvalue weighted by Crippen LogP contribution is 2.19. The van der Waals surface area contributed by atoms with E-state index in [0.717, 1.165) is 0 Å². The molecule has 0 saturated carbocycles. The van der Waals surface area contributed by atoms with Crippen LogP contribution in [0, 0.1) is 0 Å². The highest BCUT2D eigenvalue weighted by Gasteiger charge is 2.10. The van der Waals surface area contributed by atoms with Crippen LogP contribution in [0.2, 0.25) is 0 Å². The van der Waals surface area contributed by atoms with Gasteiger partial charge in [-0.05, 0) is 0 Å². The van der Waals surface area contributed by atoms with Gasteiger partial charge in [-0.2, -0.15) is 0 Å². The Morgan fingerprint density at radius 2 is 2.67 bits per heavy atom. The van der Waals surface area contributed by atoms with Crippen LogP contribution < -0.4 is 0 Å². The molecule has 0 bridgehead atoms. The Kier molecular flexibility index (Phi) is 1.15. The molecule has 0 N–H and O–H groups in total. The molecule has 0 spiro atoms. The molecule has 1 aliphatic rings. The lowest BCUT2D eigenvalue weighted by Crippen LogP contribution is -1.87. The molecule has 34 valence electrons. The van der Waals surface area contributed by atoms with Gasteiger partial charge in [0, 0.05) is 0 Å². The zero-order chi connectivity index (χ0) is 4.41. The molecule has 1 rings (SSSR count). The zero-order valence-electron chi connectivity index (χ0n) is 2.93. The van der Waals surface area contributed by atoms with Crippen molar-refractivity contribution in [1.29, 1.82) is 0 Å². The van der Waals surface area contributed by atoms with Gasteiger partial charge < -0.3 is 0 Å². The minimum Gasteiger partial charge on any atom is -0.289 e. The highest BCUT2D eigenvalue weighted by atomic mass is 31.1. The Balaban J connectivity index is 2.37. The van der Waals surface area contributed by atoms with Gasteiger partial charge in [0.2, 0.25) is 5.52 Å². The van der Waals surface area contributed by atoms with Crippen molar-refractivity contribution in [1.82, 2.24) is 0 Å². The molecule has 0 aromatic rings. The zero-order valence-corrected chi connectivity index (χ0v) is 3.93. The molecule has 1 unspecified atom stereocenters. The third-order valence-corrected chi connectivity index (χ3v) is 0.978. The summed E-state index contributed by atoms with van der Waals surface area (Å²) in [6.07, 6.45) is 0. The fourth-order valence-electron chi connectivity index (χ4n) is 0.188. The Hall–Kier alpha value is 0.0200. The molecular formula is C2H3O3P. The summed E-state index contributed by atoms with van der Waals surface area (Å²) in [6, 6.07) is 0. The number of hydrogen-bond acceptors (Lipinski definition) is 3. The third-order valence-electron chi connectivity index (χ3n) is 0.404. The van der Waals surface area contributed by atoms with Gasteiger partial charge in [0.25, 0.3) is 0 Å². The van der Waals surface area contributed by atoms with E-state index < -0.39 is 0 Å². The lowest BCUT2D eigenvalue weighted by atomic mass is 10.8. The Bertz CT molecular complexity index is 63.2. The van der Waals surface area contributed by atoms with Gasteiger partial charge in [0.05, 0.1) is 0 Å². The van der Waals surface area contributed by atoms with Gasteiger partial charge in [-0.3, -0.25) is 4.79 Å². The highest BCUT2D eigenvalue weighted by molar-refractivity contribution is 7.53. The maximum Gasteiger partial charge on any atom is 0.210 e. The minimum absolute atomic E-state index is 0.0370. The monoisotopic (exact) mass is 106 g/mol. The van der Waals surface area contributed by atoms with Crippen molar-refractivity contribution < 1.29 is 14.4 Å². The first kappa shape index (κ1) is 4.19. The fourth-order valence-corrected chi connectivity index (χ4v) is 0.517. The Morgan fingerprint density at radius 1 is 1.83 bits per heavy atom. The largest absolute Gasteiger partial charge is 0.289 e. The molecule has 0 aromatic carbocycles. The first-order valence-electron chi connectivity index (χ1n) is 1.47. The van der Waals surface area contributed by atoms with Crippen LogP contribution in [0.5, 0.6) is 0 Å². The van der Waals surface area contributed by atoms with Gasteiger partial charge in [0.1, 0.15) is 15.4 Å². The van der Waals surface area contributed by atoms with E-state index in [1.54, 1.807) is 0 Å². The van der Waals surface area contributed by atoms with E-state index in [-0.39, 0.29) is 20.9 Å². The maximum atomic E-state index is 10.0. The molecule has 1 fully saturated rings. The van der Waals surface area contributed by atoms with Crippen molar-refractivity contribution >= 4 is 14.3 Å². The minimum atomic E-state index is -0.0787. The molecule has 0 aromatic heterocycles. The summed E-state index contributed by atoms with van der Waals surface area (Å²) >= 11 is 0. The molecule has 4 heteroatoms. The van der Waals surface area contributed by atoms with Crippen molar-refractivity contribution in [2.75, 3.05) is 6.61 Å². The average molecular weight is 106 g/mol. The predicted molar refractivity (Wildman–Crippen MR) is 20.4 cm³/mol. The van der Waals surface area contributed by atoms with Gasteiger partial charge >= 0.3 is 0 Å². The van der Waals surface area contributed by atoms with Crippen molar-refractivity contribution in [3.05, 3.63) is 0 Å². The molecule has 1 heterocycles. The summed E-state index contributed by atoms with van der Waals surface area (Å²) in [4.78, 5) is 14.2. The second-order valence-electron chi connectivity index (χ2n) is 0.871. The van der Waals surface area contributed by atoms with Crippen molar-refractivity contribution in [3.63, 3.8) is 0 Å². The maximum absolute atomic E-state index is 10.0. The number of carbonyl (C=O) groups excluding carboxylic acids is 1. The molecule has 0 radical (unpaired) electrons. The molecule has 1 saturated heterocycles. The first-order valence-corrected chi connectivity index (χ1v) is 2.38. The second-order valence-corrected chi connectivity index (χ2v) is 1.80. The molecule has 0 aliphatic carbocycles. The van der Waals surface area contributed by atoms with E-state index in [4.69, 9.17) is 0 Å². The number of rotatable bonds is 0. The van der Waals surface area contributed by atoms with Crippen LogP contribution in [0.4, 0.5) is 0 Å². The number of carbonyl (C=O) groups is 1. The fraction of sp³-hybridized carbons (Fsp3) is 0.500. The SMILES string of the molecule is O=C1COOP1. The standard InChI is InChI=1S/C2H3O3P/c3-2-1-4-5-6-2/h6H,1H2. The second kappa shape index (κ2) is 1.65. The van der Waals surface area contributed by atoms with Gasteiger partial charge in [-0.15, -0.1) is 0 Å². The Morgan fingerprint density at radius 3 is 2.83 bits per heavy atom. The molecule has 1 aliphatic heterocycles. The van der Waals surface area contributed by atoms with E-state index in [2.05, 4.69) is 9.56 Å². The first-order chi connectivity index (χ1) is 2.89. The van der Waals surface area contributed by atoms with Crippen LogP contribution in [0.1, 0.15) is 0 Å². The topological polar surface area (TPSA) is 35.5 Å². The molecule has 0 amide bonds. The summed E-state index contributed by atoms with van der Waals surface area (Å²) in [5.41, 5.74) is 0.0370. The van der Waals surface area contributed by atoms with E-state index in [0.29, 0.717) is 0 Å². The quantitative estimate of drug-likeness (QED) is 0.323. The van der Waals surface area contributed by atoms with Crippen LogP contribution in [0.3, 0.4) is 0 Å². The third kappa shape index (κ3) is 0.744. The van der Waals surface area contributed by atoms with Crippen molar-refractivity contribution in [2.45, 2.75) is 0 Å². The van der Waals surface area contributed by atoms with Crippen LogP contribution in [0.25, 0.3) is 0 Å². The predicted octanol–water partition coefficient (Wildman–Crippen LogP) is 0.0683. The van der Waals surface area contributed by atoms with Crippen molar-refractivity contribution in [2.24, 2.45) is 0 Å². The van der Waals surface area contributed by atoms with Crippen LogP contribution in [0.15, 0.2) is 0 Å². The van der Waals surface area contributed by atoms with Gasteiger partial charge in [0.15, 0.2) is 0 Å². The molecule has 1 atom stereocenters. The lowest BCUT2D eigenvalue weighted by Gasteiger charge is -1.75. The van der Waals surface area contributed by atoms with E-state index >= 15 is 0 Å². The summed E-state index contributed by atoms with van der Waals surface area (Å²) in [5.74, 6) is 0. The van der Waals surface area contributed by atoms with E-state index in [9.17, 15) is 4.79 Å². The number of hydrogen-bond donors (Lipinski definition) is 0. The molecule has 6 heavy (non-hydrogen) atoms. The van der Waals surface area contributed by atoms with Gasteiger partial charge in [-0.1, -0.05) is 0 Å². The lowest BCUT2D eigenvalue weighted by molar-refractivity contribution is -0.175. The molecular weight excluding hydrogens is 103 g/mol. The normalized spacial score (nSPS) is 26.3. The van der Waals surface area contributed by atoms with E-state index in [1.165, 1.54) is 0 Å². The van der Waals surface area contributed by atoms with Crippen LogP contribution in [-0.4, -0.2) is 12.1 Å². The molecule has 3 nitrogen and oxygen atoms in total. The van der Waals surface area contributed by atoms with Crippen LogP contribution in [-0.2, 0) is 14.4 Å². The Labute approximate surface area is 36.4 Å². The summed E-state index contributed by atoms with van der Waals surface area (Å²) in [6.45, 7) is 0.137. The smallest absolute Gasteiger partial charge is 0.210 e. The van der Waals surface area contributed by atoms with Crippen molar-refractivity contribution in [3.8, 4) is 0 Å². The summed E-state index contributed by atoms with van der Waals surface area (Å²) in [5, 5.41) is 0. The average Bonchev–Trinajstić information content (AvgIpc) is 1.86. The van der Waals surface area contributed by atoms with Gasteiger partial charge in [-0.25, -0.2) is 9.56 Å². The summed E-state index contributed by atoms with van der Waals surface area (Å²) in [7, 11) is -0.0787. The summed E-state index contributed by atoms with van der Waals surface area (Å²) < 4.78 is 4.23. The van der Waals surface area contributed by atoms with E-state index in [1.807, 2.05) is 0 Å².